The molecule has 0 aliphatic carbocycles. The first-order valence-electron chi connectivity index (χ1n) is 8.70. The third kappa shape index (κ3) is 4.27. The van der Waals surface area contributed by atoms with Crippen molar-refractivity contribution in [3.05, 3.63) is 54.1 Å². The number of alkyl halides is 2. The van der Waals surface area contributed by atoms with Gasteiger partial charge in [-0.1, -0.05) is 24.3 Å². The number of halogens is 2. The molecule has 0 aliphatic rings. The zero-order chi connectivity index (χ0) is 20.3. The maximum atomic E-state index is 12.9. The monoisotopic (exact) mass is 405 g/mol. The average Bonchev–Trinajstić information content (AvgIpc) is 3.03. The fourth-order valence-corrected chi connectivity index (χ4v) is 3.55. The molecule has 0 saturated heterocycles. The number of hydrogen-bond acceptors (Lipinski definition) is 4. The quantitative estimate of drug-likeness (QED) is 0.540. The predicted octanol–water partition coefficient (Wildman–Crippen LogP) is 4.58. The molecule has 1 unspecified atom stereocenters. The summed E-state index contributed by atoms with van der Waals surface area (Å²) in [5, 5.41) is 0.134. The number of amides is 1. The molecule has 1 heterocycles. The van der Waals surface area contributed by atoms with E-state index < -0.39 is 5.76 Å². The Labute approximate surface area is 166 Å². The van der Waals surface area contributed by atoms with Crippen molar-refractivity contribution in [1.82, 2.24) is 14.5 Å². The summed E-state index contributed by atoms with van der Waals surface area (Å²) < 4.78 is 32.6. The molecule has 148 valence electrons. The molecule has 1 aromatic heterocycles. The number of ether oxygens (including phenoxy) is 1. The molecule has 0 spiro atoms. The van der Waals surface area contributed by atoms with Crippen LogP contribution in [0.4, 0.5) is 8.78 Å². The molecular weight excluding hydrogens is 384 g/mol. The van der Waals surface area contributed by atoms with Crippen molar-refractivity contribution in [2.75, 3.05) is 14.2 Å². The van der Waals surface area contributed by atoms with Gasteiger partial charge in [0.15, 0.2) is 5.16 Å². The molecule has 0 saturated carbocycles. The van der Waals surface area contributed by atoms with Crippen molar-refractivity contribution in [2.24, 2.45) is 0 Å². The SMILES string of the molecule is COc1ccc(C(C)N(C)C(=O)Cn2c(SC(F)F)nc3ccccc32)cc1. The molecule has 5 nitrogen and oxygen atoms in total. The van der Waals surface area contributed by atoms with Crippen molar-refractivity contribution in [3.8, 4) is 5.75 Å². The number of thioether (sulfide) groups is 1. The fourth-order valence-electron chi connectivity index (χ4n) is 2.94. The first-order chi connectivity index (χ1) is 13.4. The first kappa shape index (κ1) is 20.1. The van der Waals surface area contributed by atoms with E-state index in [0.717, 1.165) is 11.3 Å². The van der Waals surface area contributed by atoms with Gasteiger partial charge in [-0.05, 0) is 48.5 Å². The van der Waals surface area contributed by atoms with Crippen LogP contribution in [0.5, 0.6) is 5.75 Å². The number of fused-ring (bicyclic) bond motifs is 1. The summed E-state index contributed by atoms with van der Waals surface area (Å²) in [4.78, 5) is 18.7. The maximum absolute atomic E-state index is 12.9. The molecule has 8 heteroatoms. The molecule has 0 aliphatic heterocycles. The predicted molar refractivity (Wildman–Crippen MR) is 106 cm³/mol. The molecule has 1 atom stereocenters. The number of rotatable bonds is 7. The molecule has 2 aromatic carbocycles. The van der Waals surface area contributed by atoms with Crippen molar-refractivity contribution >= 4 is 28.7 Å². The Bertz CT molecular complexity index is 960. The van der Waals surface area contributed by atoms with Crippen LogP contribution in [0.2, 0.25) is 0 Å². The van der Waals surface area contributed by atoms with Gasteiger partial charge in [0.1, 0.15) is 12.3 Å². The highest BCUT2D eigenvalue weighted by atomic mass is 32.2. The summed E-state index contributed by atoms with van der Waals surface area (Å²) >= 11 is 0.347. The Morgan fingerprint density at radius 1 is 1.21 bits per heavy atom. The van der Waals surface area contributed by atoms with Gasteiger partial charge < -0.3 is 14.2 Å². The second-order valence-electron chi connectivity index (χ2n) is 6.30. The lowest BCUT2D eigenvalue weighted by atomic mass is 10.1. The summed E-state index contributed by atoms with van der Waals surface area (Å²) in [5.41, 5.74) is 2.20. The summed E-state index contributed by atoms with van der Waals surface area (Å²) in [5.74, 6) is -2.06. The van der Waals surface area contributed by atoms with Crippen molar-refractivity contribution in [3.63, 3.8) is 0 Å². The van der Waals surface area contributed by atoms with E-state index >= 15 is 0 Å². The number of carbonyl (C=O) groups excluding carboxylic acids is 1. The van der Waals surface area contributed by atoms with Crippen LogP contribution in [0, 0.1) is 0 Å². The van der Waals surface area contributed by atoms with E-state index in [1.54, 1.807) is 47.9 Å². The van der Waals surface area contributed by atoms with Gasteiger partial charge in [-0.2, -0.15) is 8.78 Å². The van der Waals surface area contributed by atoms with Crippen molar-refractivity contribution < 1.29 is 18.3 Å². The summed E-state index contributed by atoms with van der Waals surface area (Å²) in [6, 6.07) is 14.4. The first-order valence-corrected chi connectivity index (χ1v) is 9.58. The van der Waals surface area contributed by atoms with E-state index in [-0.39, 0.29) is 23.7 Å². The minimum Gasteiger partial charge on any atom is -0.497 e. The normalized spacial score (nSPS) is 12.4. The van der Waals surface area contributed by atoms with Crippen LogP contribution in [0.25, 0.3) is 11.0 Å². The van der Waals surface area contributed by atoms with Crippen molar-refractivity contribution in [1.29, 1.82) is 0 Å². The van der Waals surface area contributed by atoms with Crippen LogP contribution in [-0.4, -0.2) is 40.3 Å². The molecule has 0 radical (unpaired) electrons. The van der Waals surface area contributed by atoms with Gasteiger partial charge in [0, 0.05) is 7.05 Å². The number of hydrogen-bond donors (Lipinski definition) is 0. The molecule has 3 rings (SSSR count). The van der Waals surface area contributed by atoms with Gasteiger partial charge >= 0.3 is 0 Å². The van der Waals surface area contributed by atoms with Gasteiger partial charge in [-0.15, -0.1) is 0 Å². The fraction of sp³-hybridized carbons (Fsp3) is 0.300. The van der Waals surface area contributed by atoms with E-state index in [1.165, 1.54) is 0 Å². The number of imidazole rings is 1. The topological polar surface area (TPSA) is 47.4 Å². The summed E-state index contributed by atoms with van der Waals surface area (Å²) in [6.45, 7) is 1.85. The van der Waals surface area contributed by atoms with Gasteiger partial charge in [0.05, 0.1) is 24.2 Å². The summed E-state index contributed by atoms with van der Waals surface area (Å²) in [6.07, 6.45) is 0. The van der Waals surface area contributed by atoms with Crippen LogP contribution < -0.4 is 4.74 Å². The van der Waals surface area contributed by atoms with Gasteiger partial charge in [0.25, 0.3) is 5.76 Å². The number of para-hydroxylation sites is 2. The van der Waals surface area contributed by atoms with Gasteiger partial charge in [0.2, 0.25) is 5.91 Å². The highest BCUT2D eigenvalue weighted by Gasteiger charge is 2.22. The molecule has 0 bridgehead atoms. The van der Waals surface area contributed by atoms with E-state index in [2.05, 4.69) is 4.98 Å². The Balaban J connectivity index is 1.83. The number of methoxy groups -OCH3 is 1. The molecule has 0 N–H and O–H groups in total. The van der Waals surface area contributed by atoms with Crippen LogP contribution in [0.1, 0.15) is 18.5 Å². The van der Waals surface area contributed by atoms with E-state index in [0.29, 0.717) is 22.8 Å². The average molecular weight is 405 g/mol. The van der Waals surface area contributed by atoms with E-state index in [1.807, 2.05) is 31.2 Å². The minimum absolute atomic E-state index is 0.0629. The van der Waals surface area contributed by atoms with Crippen LogP contribution in [0.15, 0.2) is 53.7 Å². The van der Waals surface area contributed by atoms with Crippen LogP contribution in [0.3, 0.4) is 0 Å². The summed E-state index contributed by atoms with van der Waals surface area (Å²) in [7, 11) is 3.30. The Hall–Kier alpha value is -2.61. The van der Waals surface area contributed by atoms with Crippen LogP contribution >= 0.6 is 11.8 Å². The lowest BCUT2D eigenvalue weighted by Gasteiger charge is -2.26. The van der Waals surface area contributed by atoms with Gasteiger partial charge in [-0.3, -0.25) is 4.79 Å². The highest BCUT2D eigenvalue weighted by Crippen LogP contribution is 2.29. The standard InChI is InChI=1S/C20H21F2N3O2S/c1-13(14-8-10-15(27-3)11-9-14)24(2)18(26)12-25-17-7-5-4-6-16(17)23-20(25)28-19(21)22/h4-11,13,19H,12H2,1-3H3. The minimum atomic E-state index is -2.61. The lowest BCUT2D eigenvalue weighted by molar-refractivity contribution is -0.132. The zero-order valence-corrected chi connectivity index (χ0v) is 16.6. The lowest BCUT2D eigenvalue weighted by Crippen LogP contribution is -2.32. The third-order valence-electron chi connectivity index (χ3n) is 4.68. The Kier molecular flexibility index (Phi) is 6.18. The molecule has 1 amide bonds. The van der Waals surface area contributed by atoms with Gasteiger partial charge in [-0.25, -0.2) is 4.98 Å². The van der Waals surface area contributed by atoms with Crippen molar-refractivity contribution in [2.45, 2.75) is 30.4 Å². The Morgan fingerprint density at radius 3 is 2.54 bits per heavy atom. The molecular formula is C20H21F2N3O2S. The smallest absolute Gasteiger partial charge is 0.291 e. The number of nitrogens with zero attached hydrogens (tertiary/aromatic N) is 3. The van der Waals surface area contributed by atoms with E-state index in [9.17, 15) is 13.6 Å². The Morgan fingerprint density at radius 2 is 1.89 bits per heavy atom. The largest absolute Gasteiger partial charge is 0.497 e. The number of carbonyl (C=O) groups is 1. The third-order valence-corrected chi connectivity index (χ3v) is 5.38. The number of benzene rings is 2. The van der Waals surface area contributed by atoms with E-state index in [4.69, 9.17) is 4.74 Å². The number of likely N-dealkylation sites (N-methyl/N-ethyl adjacent to an activating group) is 1. The molecule has 28 heavy (non-hydrogen) atoms. The number of aromatic nitrogens is 2. The van der Waals surface area contributed by atoms with Crippen LogP contribution in [-0.2, 0) is 11.3 Å². The molecule has 3 aromatic rings. The maximum Gasteiger partial charge on any atom is 0.291 e. The second kappa shape index (κ2) is 8.60. The highest BCUT2D eigenvalue weighted by molar-refractivity contribution is 7.99. The zero-order valence-electron chi connectivity index (χ0n) is 15.8. The molecule has 0 fully saturated rings. The second-order valence-corrected chi connectivity index (χ2v) is 7.26.